The van der Waals surface area contributed by atoms with Crippen LogP contribution in [0.1, 0.15) is 17.5 Å². The average Bonchev–Trinajstić information content (AvgIpc) is 2.87. The molecule has 0 bridgehead atoms. The molecule has 1 aliphatic rings. The predicted molar refractivity (Wildman–Crippen MR) is 74.4 cm³/mol. The van der Waals surface area contributed by atoms with E-state index in [1.54, 1.807) is 0 Å². The maximum Gasteiger partial charge on any atom is 0.0510 e. The van der Waals surface area contributed by atoms with Crippen molar-refractivity contribution >= 4 is 0 Å². The van der Waals surface area contributed by atoms with Gasteiger partial charge in [-0.2, -0.15) is 0 Å². The van der Waals surface area contributed by atoms with Gasteiger partial charge < -0.3 is 10.5 Å². The molecule has 1 aromatic carbocycles. The highest BCUT2D eigenvalue weighted by Crippen LogP contribution is 2.21. The van der Waals surface area contributed by atoms with Gasteiger partial charge in [-0.15, -0.1) is 0 Å². The Labute approximate surface area is 110 Å². The highest BCUT2D eigenvalue weighted by atomic mass is 16.5. The van der Waals surface area contributed by atoms with Crippen LogP contribution in [0.3, 0.4) is 0 Å². The van der Waals surface area contributed by atoms with Gasteiger partial charge in [-0.1, -0.05) is 24.3 Å². The number of benzene rings is 1. The van der Waals surface area contributed by atoms with Gasteiger partial charge in [0.05, 0.1) is 6.61 Å². The van der Waals surface area contributed by atoms with Crippen molar-refractivity contribution < 1.29 is 4.74 Å². The van der Waals surface area contributed by atoms with Gasteiger partial charge in [0.25, 0.3) is 0 Å². The first kappa shape index (κ1) is 13.5. The number of aryl methyl sites for hydroxylation is 1. The minimum atomic E-state index is 0.423. The van der Waals surface area contributed by atoms with Gasteiger partial charge in [0.1, 0.15) is 0 Å². The Hall–Kier alpha value is -0.900. The largest absolute Gasteiger partial charge is 0.381 e. The zero-order valence-corrected chi connectivity index (χ0v) is 11.4. The van der Waals surface area contributed by atoms with Crippen molar-refractivity contribution in [3.05, 3.63) is 35.4 Å². The monoisotopic (exact) mass is 248 g/mol. The summed E-state index contributed by atoms with van der Waals surface area (Å²) in [6, 6.07) is 8.98. The number of hydrogen-bond donors (Lipinski definition) is 1. The second-order valence-electron chi connectivity index (χ2n) is 5.27. The third-order valence-electron chi connectivity index (χ3n) is 4.00. The molecular weight excluding hydrogens is 224 g/mol. The normalized spacial score (nSPS) is 21.4. The lowest BCUT2D eigenvalue weighted by molar-refractivity contribution is 0.136. The van der Waals surface area contributed by atoms with Crippen LogP contribution in [0.2, 0.25) is 0 Å². The Morgan fingerprint density at radius 2 is 2.22 bits per heavy atom. The standard InChI is InChI=1S/C15H24N2O/c1-12-5-3-4-6-13(12)10-17(2)15(9-16)14-7-8-18-11-14/h3-6,14-15H,7-11,16H2,1-2H3. The smallest absolute Gasteiger partial charge is 0.0510 e. The quantitative estimate of drug-likeness (QED) is 0.863. The summed E-state index contributed by atoms with van der Waals surface area (Å²) in [7, 11) is 2.17. The summed E-state index contributed by atoms with van der Waals surface area (Å²) in [5, 5.41) is 0. The van der Waals surface area contributed by atoms with Crippen LogP contribution >= 0.6 is 0 Å². The van der Waals surface area contributed by atoms with Gasteiger partial charge >= 0.3 is 0 Å². The molecule has 3 nitrogen and oxygen atoms in total. The van der Waals surface area contributed by atoms with Gasteiger partial charge in [0, 0.05) is 31.7 Å². The van der Waals surface area contributed by atoms with Crippen LogP contribution < -0.4 is 5.73 Å². The van der Waals surface area contributed by atoms with Gasteiger partial charge in [-0.3, -0.25) is 4.90 Å². The van der Waals surface area contributed by atoms with E-state index in [0.717, 1.165) is 26.2 Å². The van der Waals surface area contributed by atoms with E-state index in [4.69, 9.17) is 10.5 Å². The Morgan fingerprint density at radius 3 is 2.83 bits per heavy atom. The zero-order valence-electron chi connectivity index (χ0n) is 11.4. The van der Waals surface area contributed by atoms with Crippen molar-refractivity contribution in [2.45, 2.75) is 25.9 Å². The number of rotatable bonds is 5. The fraction of sp³-hybridized carbons (Fsp3) is 0.600. The molecular formula is C15H24N2O. The summed E-state index contributed by atoms with van der Waals surface area (Å²) in [5.41, 5.74) is 8.68. The average molecular weight is 248 g/mol. The molecule has 0 spiro atoms. The van der Waals surface area contributed by atoms with Crippen LogP contribution in [-0.2, 0) is 11.3 Å². The summed E-state index contributed by atoms with van der Waals surface area (Å²) < 4.78 is 5.48. The minimum Gasteiger partial charge on any atom is -0.381 e. The van der Waals surface area contributed by atoms with E-state index in [1.165, 1.54) is 11.1 Å². The molecule has 1 aliphatic heterocycles. The minimum absolute atomic E-state index is 0.423. The first-order valence-electron chi connectivity index (χ1n) is 6.75. The molecule has 0 saturated carbocycles. The van der Waals surface area contributed by atoms with Crippen molar-refractivity contribution in [2.75, 3.05) is 26.8 Å². The van der Waals surface area contributed by atoms with Gasteiger partial charge in [-0.05, 0) is 31.5 Å². The molecule has 2 unspecified atom stereocenters. The summed E-state index contributed by atoms with van der Waals surface area (Å²) in [6.45, 7) is 5.58. The Kier molecular flexibility index (Phi) is 4.75. The third-order valence-corrected chi connectivity index (χ3v) is 4.00. The lowest BCUT2D eigenvalue weighted by atomic mass is 9.97. The number of hydrogen-bond acceptors (Lipinski definition) is 3. The van der Waals surface area contributed by atoms with Crippen LogP contribution in [0.5, 0.6) is 0 Å². The van der Waals surface area contributed by atoms with E-state index in [-0.39, 0.29) is 0 Å². The van der Waals surface area contributed by atoms with Crippen LogP contribution in [0, 0.1) is 12.8 Å². The first-order valence-corrected chi connectivity index (χ1v) is 6.75. The van der Waals surface area contributed by atoms with Crippen LogP contribution in [0.4, 0.5) is 0 Å². The molecule has 0 aromatic heterocycles. The number of nitrogens with zero attached hydrogens (tertiary/aromatic N) is 1. The van der Waals surface area contributed by atoms with Crippen LogP contribution in [0.15, 0.2) is 24.3 Å². The topological polar surface area (TPSA) is 38.5 Å². The second kappa shape index (κ2) is 6.32. The van der Waals surface area contributed by atoms with Crippen LogP contribution in [0.25, 0.3) is 0 Å². The maximum absolute atomic E-state index is 5.95. The first-order chi connectivity index (χ1) is 8.72. The van der Waals surface area contributed by atoms with Crippen molar-refractivity contribution in [2.24, 2.45) is 11.7 Å². The molecule has 18 heavy (non-hydrogen) atoms. The maximum atomic E-state index is 5.95. The van der Waals surface area contributed by atoms with E-state index in [2.05, 4.69) is 43.1 Å². The molecule has 2 atom stereocenters. The molecule has 1 aromatic rings. The molecule has 0 amide bonds. The third kappa shape index (κ3) is 3.10. The van der Waals surface area contributed by atoms with Crippen LogP contribution in [-0.4, -0.2) is 37.7 Å². The second-order valence-corrected chi connectivity index (χ2v) is 5.27. The van der Waals surface area contributed by atoms with Crippen molar-refractivity contribution in [1.82, 2.24) is 4.90 Å². The number of nitrogens with two attached hydrogens (primary N) is 1. The summed E-state index contributed by atoms with van der Waals surface area (Å²) >= 11 is 0. The molecule has 1 saturated heterocycles. The number of likely N-dealkylation sites (N-methyl/N-ethyl adjacent to an activating group) is 1. The zero-order chi connectivity index (χ0) is 13.0. The van der Waals surface area contributed by atoms with Gasteiger partial charge in [0.2, 0.25) is 0 Å². The molecule has 2 N–H and O–H groups in total. The lowest BCUT2D eigenvalue weighted by Crippen LogP contribution is -2.43. The predicted octanol–water partition coefficient (Wildman–Crippen LogP) is 1.79. The molecule has 0 aliphatic carbocycles. The van der Waals surface area contributed by atoms with E-state index in [1.807, 2.05) is 0 Å². The number of ether oxygens (including phenoxy) is 1. The summed E-state index contributed by atoms with van der Waals surface area (Å²) in [4.78, 5) is 2.38. The van der Waals surface area contributed by atoms with E-state index < -0.39 is 0 Å². The van der Waals surface area contributed by atoms with Crippen molar-refractivity contribution in [3.63, 3.8) is 0 Å². The van der Waals surface area contributed by atoms with E-state index >= 15 is 0 Å². The SMILES string of the molecule is Cc1ccccc1CN(C)C(CN)C1CCOC1. The fourth-order valence-electron chi connectivity index (χ4n) is 2.76. The molecule has 0 radical (unpaired) electrons. The van der Waals surface area contributed by atoms with Gasteiger partial charge in [0.15, 0.2) is 0 Å². The van der Waals surface area contributed by atoms with Gasteiger partial charge in [-0.25, -0.2) is 0 Å². The summed E-state index contributed by atoms with van der Waals surface area (Å²) in [6.07, 6.45) is 1.14. The highest BCUT2D eigenvalue weighted by Gasteiger charge is 2.27. The van der Waals surface area contributed by atoms with E-state index in [0.29, 0.717) is 18.5 Å². The van der Waals surface area contributed by atoms with Crippen molar-refractivity contribution in [1.29, 1.82) is 0 Å². The lowest BCUT2D eigenvalue weighted by Gasteiger charge is -2.31. The Morgan fingerprint density at radius 1 is 1.44 bits per heavy atom. The Bertz CT molecular complexity index is 375. The highest BCUT2D eigenvalue weighted by molar-refractivity contribution is 5.25. The molecule has 2 rings (SSSR count). The Balaban J connectivity index is 2.01. The molecule has 3 heteroatoms. The molecule has 1 fully saturated rings. The van der Waals surface area contributed by atoms with E-state index in [9.17, 15) is 0 Å². The fourth-order valence-corrected chi connectivity index (χ4v) is 2.76. The summed E-state index contributed by atoms with van der Waals surface area (Å²) in [5.74, 6) is 0.587. The molecule has 100 valence electrons. The molecule has 1 heterocycles. The van der Waals surface area contributed by atoms with Crippen molar-refractivity contribution in [3.8, 4) is 0 Å².